The summed E-state index contributed by atoms with van der Waals surface area (Å²) in [5.74, 6) is 0.831. The zero-order valence-electron chi connectivity index (χ0n) is 9.84. The third kappa shape index (κ3) is 8.70. The maximum Gasteiger partial charge on any atom is 0.0244 e. The quantitative estimate of drug-likeness (QED) is 0.603. The molecule has 0 fully saturated rings. The van der Waals surface area contributed by atoms with Gasteiger partial charge >= 0.3 is 0 Å². The minimum atomic E-state index is -0.628. The van der Waals surface area contributed by atoms with Gasteiger partial charge in [0.15, 0.2) is 0 Å². The van der Waals surface area contributed by atoms with Crippen LogP contribution in [-0.4, -0.2) is 28.8 Å². The Hall–Kier alpha value is 0.110. The summed E-state index contributed by atoms with van der Waals surface area (Å²) in [7, 11) is -0.628. The van der Waals surface area contributed by atoms with Gasteiger partial charge in [-0.2, -0.15) is 0 Å². The molecule has 0 bridgehead atoms. The molecule has 3 heteroatoms. The summed E-state index contributed by atoms with van der Waals surface area (Å²) >= 11 is 0. The second kappa shape index (κ2) is 9.66. The SMILES string of the molecule is CCCC(CCC)NCCCS(C)=O. The van der Waals surface area contributed by atoms with E-state index in [-0.39, 0.29) is 0 Å². The van der Waals surface area contributed by atoms with Gasteiger partial charge in [0.2, 0.25) is 0 Å². The molecule has 86 valence electrons. The molecule has 0 aromatic carbocycles. The summed E-state index contributed by atoms with van der Waals surface area (Å²) in [6, 6.07) is 0.676. The van der Waals surface area contributed by atoms with Crippen LogP contribution in [0.4, 0.5) is 0 Å². The van der Waals surface area contributed by atoms with Crippen molar-refractivity contribution in [3.05, 3.63) is 0 Å². The topological polar surface area (TPSA) is 29.1 Å². The minimum Gasteiger partial charge on any atom is -0.314 e. The second-order valence-corrected chi connectivity index (χ2v) is 5.41. The summed E-state index contributed by atoms with van der Waals surface area (Å²) < 4.78 is 10.8. The molecule has 0 aromatic heterocycles. The number of nitrogens with one attached hydrogen (secondary N) is 1. The lowest BCUT2D eigenvalue weighted by Crippen LogP contribution is -2.30. The van der Waals surface area contributed by atoms with Crippen LogP contribution in [0.15, 0.2) is 0 Å². The van der Waals surface area contributed by atoms with Gasteiger partial charge in [0.25, 0.3) is 0 Å². The predicted octanol–water partition coefficient (Wildman–Crippen LogP) is 2.31. The Balaban J connectivity index is 3.44. The molecule has 1 unspecified atom stereocenters. The van der Waals surface area contributed by atoms with Gasteiger partial charge in [-0.15, -0.1) is 0 Å². The Morgan fingerprint density at radius 3 is 2.21 bits per heavy atom. The van der Waals surface area contributed by atoms with E-state index in [2.05, 4.69) is 19.2 Å². The highest BCUT2D eigenvalue weighted by molar-refractivity contribution is 7.84. The maximum atomic E-state index is 10.8. The third-order valence-corrected chi connectivity index (χ3v) is 3.18. The Morgan fingerprint density at radius 2 is 1.79 bits per heavy atom. The molecule has 14 heavy (non-hydrogen) atoms. The van der Waals surface area contributed by atoms with Crippen LogP contribution in [0.3, 0.4) is 0 Å². The lowest BCUT2D eigenvalue weighted by atomic mass is 10.1. The van der Waals surface area contributed by atoms with Gasteiger partial charge in [-0.05, 0) is 25.8 Å². The van der Waals surface area contributed by atoms with Gasteiger partial charge in [0, 0.05) is 28.9 Å². The highest BCUT2D eigenvalue weighted by Crippen LogP contribution is 2.04. The van der Waals surface area contributed by atoms with Gasteiger partial charge < -0.3 is 5.32 Å². The van der Waals surface area contributed by atoms with Gasteiger partial charge in [0.1, 0.15) is 0 Å². The van der Waals surface area contributed by atoms with Crippen molar-refractivity contribution >= 4 is 10.8 Å². The predicted molar refractivity (Wildman–Crippen MR) is 65.2 cm³/mol. The molecule has 0 aliphatic carbocycles. The molecule has 0 aliphatic heterocycles. The second-order valence-electron chi connectivity index (χ2n) is 3.86. The maximum absolute atomic E-state index is 10.8. The van der Waals surface area contributed by atoms with Gasteiger partial charge in [-0.1, -0.05) is 26.7 Å². The van der Waals surface area contributed by atoms with Gasteiger partial charge in [-0.25, -0.2) is 0 Å². The molecule has 0 amide bonds. The number of rotatable bonds is 9. The molecule has 0 saturated heterocycles. The van der Waals surface area contributed by atoms with Gasteiger partial charge in [0.05, 0.1) is 0 Å². The molecular formula is C11H25NOS. The molecule has 1 N–H and O–H groups in total. The first-order chi connectivity index (χ1) is 6.70. The third-order valence-electron chi connectivity index (χ3n) is 2.32. The molecule has 0 aromatic rings. The largest absolute Gasteiger partial charge is 0.314 e. The van der Waals surface area contributed by atoms with E-state index in [0.717, 1.165) is 18.7 Å². The van der Waals surface area contributed by atoms with Crippen molar-refractivity contribution in [3.8, 4) is 0 Å². The first kappa shape index (κ1) is 14.1. The highest BCUT2D eigenvalue weighted by atomic mass is 32.2. The standard InChI is InChI=1S/C11H25NOS/c1-4-7-11(8-5-2)12-9-6-10-14(3)13/h11-12H,4-10H2,1-3H3. The van der Waals surface area contributed by atoms with Crippen LogP contribution in [0.1, 0.15) is 46.0 Å². The van der Waals surface area contributed by atoms with E-state index >= 15 is 0 Å². The van der Waals surface area contributed by atoms with Crippen molar-refractivity contribution in [2.24, 2.45) is 0 Å². The first-order valence-corrected chi connectivity index (χ1v) is 7.46. The number of hydrogen-bond acceptors (Lipinski definition) is 2. The highest BCUT2D eigenvalue weighted by Gasteiger charge is 2.04. The van der Waals surface area contributed by atoms with E-state index in [1.807, 2.05) is 0 Å². The molecule has 1 atom stereocenters. The number of hydrogen-bond donors (Lipinski definition) is 1. The van der Waals surface area contributed by atoms with E-state index in [0.29, 0.717) is 6.04 Å². The molecule has 0 heterocycles. The summed E-state index contributed by atoms with van der Waals surface area (Å²) in [6.07, 6.45) is 7.84. The normalized spacial score (nSPS) is 13.4. The lowest BCUT2D eigenvalue weighted by molar-refractivity contribution is 0.445. The van der Waals surface area contributed by atoms with Crippen LogP contribution in [0.5, 0.6) is 0 Å². The summed E-state index contributed by atoms with van der Waals surface area (Å²) in [6.45, 7) is 5.47. The van der Waals surface area contributed by atoms with Gasteiger partial charge in [-0.3, -0.25) is 4.21 Å². The first-order valence-electron chi connectivity index (χ1n) is 5.74. The van der Waals surface area contributed by atoms with E-state index in [4.69, 9.17) is 0 Å². The summed E-state index contributed by atoms with van der Waals surface area (Å²) in [4.78, 5) is 0. The van der Waals surface area contributed by atoms with Crippen LogP contribution in [0, 0.1) is 0 Å². The van der Waals surface area contributed by atoms with Crippen LogP contribution in [0.25, 0.3) is 0 Å². The van der Waals surface area contributed by atoms with Crippen molar-refractivity contribution in [3.63, 3.8) is 0 Å². The fraction of sp³-hybridized carbons (Fsp3) is 1.00. The Bertz CT molecular complexity index is 144. The van der Waals surface area contributed by atoms with Crippen molar-refractivity contribution in [1.82, 2.24) is 5.32 Å². The molecule has 0 spiro atoms. The van der Waals surface area contributed by atoms with Crippen molar-refractivity contribution < 1.29 is 4.21 Å². The molecule has 0 aliphatic rings. The molecule has 0 rings (SSSR count). The Labute approximate surface area is 91.3 Å². The van der Waals surface area contributed by atoms with E-state index in [1.165, 1.54) is 25.7 Å². The molecule has 0 radical (unpaired) electrons. The van der Waals surface area contributed by atoms with E-state index < -0.39 is 10.8 Å². The Morgan fingerprint density at radius 1 is 1.21 bits per heavy atom. The van der Waals surface area contributed by atoms with Crippen molar-refractivity contribution in [1.29, 1.82) is 0 Å². The fourth-order valence-corrected chi connectivity index (χ4v) is 2.18. The van der Waals surface area contributed by atoms with Crippen LogP contribution in [-0.2, 0) is 10.8 Å². The van der Waals surface area contributed by atoms with Crippen LogP contribution in [0.2, 0.25) is 0 Å². The zero-order valence-corrected chi connectivity index (χ0v) is 10.7. The van der Waals surface area contributed by atoms with Crippen LogP contribution >= 0.6 is 0 Å². The summed E-state index contributed by atoms with van der Waals surface area (Å²) in [5.41, 5.74) is 0. The minimum absolute atomic E-state index is 0.628. The molecule has 2 nitrogen and oxygen atoms in total. The molecular weight excluding hydrogens is 194 g/mol. The van der Waals surface area contributed by atoms with E-state index in [1.54, 1.807) is 6.26 Å². The van der Waals surface area contributed by atoms with Crippen LogP contribution < -0.4 is 5.32 Å². The Kier molecular flexibility index (Phi) is 9.73. The van der Waals surface area contributed by atoms with Crippen molar-refractivity contribution in [2.45, 2.75) is 52.0 Å². The molecule has 0 saturated carbocycles. The summed E-state index contributed by atoms with van der Waals surface area (Å²) in [5, 5.41) is 3.54. The average Bonchev–Trinajstić information content (AvgIpc) is 2.12. The smallest absolute Gasteiger partial charge is 0.0244 e. The van der Waals surface area contributed by atoms with Crippen molar-refractivity contribution in [2.75, 3.05) is 18.6 Å². The fourth-order valence-electron chi connectivity index (χ4n) is 1.63. The average molecular weight is 219 g/mol. The van der Waals surface area contributed by atoms with E-state index in [9.17, 15) is 4.21 Å². The lowest BCUT2D eigenvalue weighted by Gasteiger charge is -2.16. The zero-order chi connectivity index (χ0) is 10.8. The monoisotopic (exact) mass is 219 g/mol.